The van der Waals surface area contributed by atoms with Crippen LogP contribution in [0, 0.1) is 5.82 Å². The van der Waals surface area contributed by atoms with Gasteiger partial charge in [-0.05, 0) is 61.7 Å². The summed E-state index contributed by atoms with van der Waals surface area (Å²) in [5.74, 6) is 0.369. The summed E-state index contributed by atoms with van der Waals surface area (Å²) in [7, 11) is -0.407. The van der Waals surface area contributed by atoms with Crippen LogP contribution in [0.25, 0.3) is 5.57 Å². The molecule has 3 rings (SSSR count). The minimum absolute atomic E-state index is 0.273. The van der Waals surface area contributed by atoms with Crippen molar-refractivity contribution in [3.63, 3.8) is 0 Å². The van der Waals surface area contributed by atoms with Crippen LogP contribution < -0.4 is 4.74 Å². The van der Waals surface area contributed by atoms with E-state index in [1.807, 2.05) is 26.8 Å². The molecule has 0 radical (unpaired) electrons. The predicted octanol–water partition coefficient (Wildman–Crippen LogP) is 5.16. The highest BCUT2D eigenvalue weighted by Crippen LogP contribution is 2.44. The van der Waals surface area contributed by atoms with Crippen molar-refractivity contribution in [1.29, 1.82) is 0 Å². The van der Waals surface area contributed by atoms with Gasteiger partial charge in [-0.15, -0.1) is 0 Å². The van der Waals surface area contributed by atoms with Crippen molar-refractivity contribution in [3.05, 3.63) is 65.0 Å². The number of nitrogens with zero attached hydrogens (tertiary/aromatic N) is 1. The van der Waals surface area contributed by atoms with Gasteiger partial charge in [-0.1, -0.05) is 23.0 Å². The van der Waals surface area contributed by atoms with E-state index in [9.17, 15) is 8.60 Å². The summed E-state index contributed by atoms with van der Waals surface area (Å²) in [6.45, 7) is 5.97. The summed E-state index contributed by atoms with van der Waals surface area (Å²) >= 11 is 0. The Hall–Kier alpha value is -2.18. The fourth-order valence-electron chi connectivity index (χ4n) is 2.83. The molecule has 0 atom stereocenters. The zero-order valence-electron chi connectivity index (χ0n) is 14.5. The normalized spacial score (nSPS) is 17.2. The zero-order valence-corrected chi connectivity index (χ0v) is 15.3. The second kappa shape index (κ2) is 6.61. The van der Waals surface area contributed by atoms with Crippen molar-refractivity contribution in [1.82, 2.24) is 0 Å². The first-order valence-electron chi connectivity index (χ1n) is 7.80. The number of ether oxygens (including phenoxy) is 1. The lowest BCUT2D eigenvalue weighted by Gasteiger charge is -2.36. The van der Waals surface area contributed by atoms with Gasteiger partial charge < -0.3 is 17.5 Å². The molecule has 132 valence electrons. The molecule has 25 heavy (non-hydrogen) atoms. The van der Waals surface area contributed by atoms with Crippen LogP contribution in [0.3, 0.4) is 0 Å². The smallest absolute Gasteiger partial charge is 0.130 e. The first kappa shape index (κ1) is 17.6. The molecule has 0 saturated carbocycles. The maximum Gasteiger partial charge on any atom is 0.130 e. The quantitative estimate of drug-likeness (QED) is 0.711. The number of halogens is 1. The predicted molar refractivity (Wildman–Crippen MR) is 96.4 cm³/mol. The second-order valence-electron chi connectivity index (χ2n) is 6.27. The van der Waals surface area contributed by atoms with Crippen LogP contribution in [-0.4, -0.2) is 12.7 Å². The zero-order chi connectivity index (χ0) is 18.2. The molecule has 0 fully saturated rings. The molecular formula is C19H19FNO3S-. The summed E-state index contributed by atoms with van der Waals surface area (Å²) in [5, 5.41) is 0. The molecule has 0 spiro atoms. The Kier molecular flexibility index (Phi) is 4.67. The monoisotopic (exact) mass is 360 g/mol. The lowest BCUT2D eigenvalue weighted by atomic mass is 9.83. The van der Waals surface area contributed by atoms with Crippen molar-refractivity contribution in [2.45, 2.75) is 26.4 Å². The average Bonchev–Trinajstić information content (AvgIpc) is 2.57. The lowest BCUT2D eigenvalue weighted by Crippen LogP contribution is -2.33. The van der Waals surface area contributed by atoms with Gasteiger partial charge in [-0.2, -0.15) is 0 Å². The number of hydrogen-bond acceptors (Lipinski definition) is 5. The Morgan fingerprint density at radius 3 is 2.48 bits per heavy atom. The van der Waals surface area contributed by atoms with Gasteiger partial charge in [0.15, 0.2) is 0 Å². The molecule has 1 heterocycles. The third kappa shape index (κ3) is 3.45. The lowest BCUT2D eigenvalue weighted by molar-refractivity contribution is 0.145. The first-order valence-corrected chi connectivity index (χ1v) is 8.84. The molecule has 1 aliphatic heterocycles. The van der Waals surface area contributed by atoms with Crippen LogP contribution in [-0.2, 0) is 19.3 Å². The Balaban J connectivity index is 2.18. The van der Waals surface area contributed by atoms with Crippen LogP contribution >= 0.6 is 0 Å². The fraction of sp³-hybridized carbons (Fsp3) is 0.263. The van der Waals surface area contributed by atoms with Gasteiger partial charge in [0.2, 0.25) is 0 Å². The molecule has 0 saturated heterocycles. The van der Waals surface area contributed by atoms with Gasteiger partial charge >= 0.3 is 0 Å². The van der Waals surface area contributed by atoms with E-state index in [0.717, 1.165) is 22.3 Å². The molecule has 2 aromatic rings. The molecule has 0 amide bonds. The number of rotatable bonds is 3. The molecular weight excluding hydrogens is 341 g/mol. The molecule has 0 unspecified atom stereocenters. The van der Waals surface area contributed by atoms with E-state index in [1.54, 1.807) is 24.3 Å². The summed E-state index contributed by atoms with van der Waals surface area (Å²) in [4.78, 5) is 0. The van der Waals surface area contributed by atoms with E-state index in [-0.39, 0.29) is 5.82 Å². The summed E-state index contributed by atoms with van der Waals surface area (Å²) in [6, 6.07) is 11.8. The molecule has 6 heteroatoms. The highest BCUT2D eigenvalue weighted by Gasteiger charge is 2.32. The van der Waals surface area contributed by atoms with E-state index in [0.29, 0.717) is 11.4 Å². The molecule has 2 aromatic carbocycles. The Bertz CT molecular complexity index is 926. The highest BCUT2D eigenvalue weighted by molar-refractivity contribution is 7.69. The van der Waals surface area contributed by atoms with Crippen LogP contribution in [0.1, 0.15) is 31.9 Å². The van der Waals surface area contributed by atoms with Crippen LogP contribution in [0.15, 0.2) is 52.4 Å². The van der Waals surface area contributed by atoms with E-state index in [1.165, 1.54) is 19.2 Å². The number of hydrogen-bond donors (Lipinski definition) is 0. The summed E-state index contributed by atoms with van der Waals surface area (Å²) in [5.41, 5.74) is 3.85. The van der Waals surface area contributed by atoms with Crippen molar-refractivity contribution in [3.8, 4) is 5.75 Å². The van der Waals surface area contributed by atoms with E-state index in [4.69, 9.17) is 4.74 Å². The van der Waals surface area contributed by atoms with Crippen molar-refractivity contribution >= 4 is 22.1 Å². The number of fused-ring (bicyclic) bond motifs is 1. The SMILES string of the molecule is CO[S-](=O)=Nc1ccc2c(c1)OC(C)(C)C(C)=C2c1ccc(F)cc1. The topological polar surface area (TPSA) is 47.9 Å². The highest BCUT2D eigenvalue weighted by atomic mass is 32.2. The van der Waals surface area contributed by atoms with Crippen LogP contribution in [0.4, 0.5) is 10.1 Å². The third-order valence-electron chi connectivity index (χ3n) is 4.33. The van der Waals surface area contributed by atoms with Crippen molar-refractivity contribution in [2.24, 2.45) is 4.36 Å². The second-order valence-corrected chi connectivity index (χ2v) is 7.22. The molecule has 0 aliphatic carbocycles. The van der Waals surface area contributed by atoms with E-state index < -0.39 is 16.5 Å². The van der Waals surface area contributed by atoms with Crippen molar-refractivity contribution < 1.29 is 17.5 Å². The Morgan fingerprint density at radius 2 is 1.84 bits per heavy atom. The molecule has 0 aromatic heterocycles. The Labute approximate surface area is 148 Å². The van der Waals surface area contributed by atoms with Gasteiger partial charge in [0.1, 0.15) is 17.2 Å². The number of benzene rings is 2. The van der Waals surface area contributed by atoms with Crippen molar-refractivity contribution in [2.75, 3.05) is 7.11 Å². The molecule has 4 nitrogen and oxygen atoms in total. The fourth-order valence-corrected chi connectivity index (χ4v) is 3.19. The largest absolute Gasteiger partial charge is 0.483 e. The average molecular weight is 360 g/mol. The van der Waals surface area contributed by atoms with Gasteiger partial charge in [-0.3, -0.25) is 0 Å². The third-order valence-corrected chi connectivity index (χ3v) is 4.98. The molecule has 0 bridgehead atoms. The maximum atomic E-state index is 13.3. The van der Waals surface area contributed by atoms with E-state index >= 15 is 0 Å². The minimum Gasteiger partial charge on any atom is -0.483 e. The maximum absolute atomic E-state index is 13.3. The summed E-state index contributed by atoms with van der Waals surface area (Å²) in [6.07, 6.45) is 0. The first-order chi connectivity index (χ1) is 11.8. The molecule has 0 N–H and O–H groups in total. The van der Waals surface area contributed by atoms with E-state index in [2.05, 4.69) is 8.55 Å². The van der Waals surface area contributed by atoms with Crippen LogP contribution in [0.2, 0.25) is 0 Å². The Morgan fingerprint density at radius 1 is 1.16 bits per heavy atom. The summed E-state index contributed by atoms with van der Waals surface area (Å²) < 4.78 is 39.6. The van der Waals surface area contributed by atoms with Gasteiger partial charge in [0.05, 0.1) is 0 Å². The standard InChI is InChI=1S/C19H19FNO3S/c1-12-18(13-5-7-14(20)8-6-13)16-10-9-15(21-25(22)23-4)11-17(16)24-19(12,2)3/h5-11H,1-4H3/q-1. The van der Waals surface area contributed by atoms with Gasteiger partial charge in [0.25, 0.3) is 0 Å². The van der Waals surface area contributed by atoms with Gasteiger partial charge in [0, 0.05) is 24.4 Å². The van der Waals surface area contributed by atoms with Gasteiger partial charge in [-0.25, -0.2) is 4.39 Å². The minimum atomic E-state index is -1.74. The van der Waals surface area contributed by atoms with Crippen LogP contribution in [0.5, 0.6) is 5.75 Å². The molecule has 1 aliphatic rings.